The summed E-state index contributed by atoms with van der Waals surface area (Å²) in [7, 11) is 1.83. The Labute approximate surface area is 128 Å². The number of rotatable bonds is 2. The minimum Gasteiger partial charge on any atom is -0.304 e. The third kappa shape index (κ3) is 2.38. The number of aromatic amines is 1. The van der Waals surface area contributed by atoms with E-state index in [0.717, 1.165) is 5.56 Å². The van der Waals surface area contributed by atoms with Gasteiger partial charge in [-0.05, 0) is 28.7 Å². The van der Waals surface area contributed by atoms with Crippen LogP contribution in [0.5, 0.6) is 0 Å². The smallest absolute Gasteiger partial charge is 0.265 e. The van der Waals surface area contributed by atoms with Gasteiger partial charge in [0.15, 0.2) is 5.82 Å². The fourth-order valence-corrected chi connectivity index (χ4v) is 2.48. The number of hydrogen-bond donors (Lipinski definition) is 1. The lowest BCUT2D eigenvalue weighted by Gasteiger charge is -2.05. The van der Waals surface area contributed by atoms with Crippen LogP contribution in [0.2, 0.25) is 0 Å². The van der Waals surface area contributed by atoms with Crippen LogP contribution in [-0.2, 0) is 7.05 Å². The fourth-order valence-electron chi connectivity index (χ4n) is 1.91. The van der Waals surface area contributed by atoms with E-state index in [0.29, 0.717) is 20.8 Å². The van der Waals surface area contributed by atoms with E-state index in [1.807, 2.05) is 72.2 Å². The fraction of sp³-hybridized carbons (Fsp3) is 0.0714. The first kappa shape index (κ1) is 13.0. The highest BCUT2D eigenvalue weighted by atomic mass is 127. The van der Waals surface area contributed by atoms with Crippen molar-refractivity contribution >= 4 is 22.6 Å². The zero-order chi connectivity index (χ0) is 14.1. The summed E-state index contributed by atoms with van der Waals surface area (Å²) < 4.78 is 2.25. The molecule has 0 atom stereocenters. The minimum atomic E-state index is -0.153. The molecule has 3 aromatic rings. The Morgan fingerprint density at radius 1 is 1.20 bits per heavy atom. The van der Waals surface area contributed by atoms with E-state index in [1.165, 1.54) is 0 Å². The van der Waals surface area contributed by atoms with Gasteiger partial charge in [0.2, 0.25) is 0 Å². The van der Waals surface area contributed by atoms with Crippen LogP contribution in [-0.4, -0.2) is 19.7 Å². The van der Waals surface area contributed by atoms with Gasteiger partial charge in [-0.15, -0.1) is 0 Å². The zero-order valence-corrected chi connectivity index (χ0v) is 12.8. The topological polar surface area (TPSA) is 63.6 Å². The van der Waals surface area contributed by atoms with E-state index in [2.05, 4.69) is 15.1 Å². The van der Waals surface area contributed by atoms with E-state index >= 15 is 0 Å². The molecule has 0 aliphatic rings. The van der Waals surface area contributed by atoms with E-state index < -0.39 is 0 Å². The molecule has 5 nitrogen and oxygen atoms in total. The summed E-state index contributed by atoms with van der Waals surface area (Å²) in [6, 6.07) is 11.5. The van der Waals surface area contributed by atoms with E-state index in [9.17, 15) is 4.79 Å². The number of nitrogens with zero attached hydrogens (tertiary/aromatic N) is 3. The van der Waals surface area contributed by atoms with E-state index in [-0.39, 0.29) is 5.56 Å². The highest BCUT2D eigenvalue weighted by Crippen LogP contribution is 2.22. The summed E-state index contributed by atoms with van der Waals surface area (Å²) in [5, 5.41) is 4.27. The quantitative estimate of drug-likeness (QED) is 0.697. The molecule has 2 aromatic heterocycles. The summed E-state index contributed by atoms with van der Waals surface area (Å²) in [5.74, 6) is 0.481. The molecule has 1 N–H and O–H groups in total. The molecule has 0 fully saturated rings. The Bertz CT molecular complexity index is 808. The van der Waals surface area contributed by atoms with Crippen molar-refractivity contribution in [3.8, 4) is 22.8 Å². The minimum absolute atomic E-state index is 0.153. The van der Waals surface area contributed by atoms with Crippen LogP contribution < -0.4 is 5.56 Å². The van der Waals surface area contributed by atoms with Gasteiger partial charge >= 0.3 is 0 Å². The predicted molar refractivity (Wildman–Crippen MR) is 85.2 cm³/mol. The van der Waals surface area contributed by atoms with Gasteiger partial charge in [0, 0.05) is 18.8 Å². The second-order valence-corrected chi connectivity index (χ2v) is 5.40. The molecule has 100 valence electrons. The number of benzene rings is 1. The van der Waals surface area contributed by atoms with Gasteiger partial charge in [0.05, 0.1) is 5.69 Å². The molecule has 0 aliphatic heterocycles. The Morgan fingerprint density at radius 3 is 2.60 bits per heavy atom. The van der Waals surface area contributed by atoms with Crippen molar-refractivity contribution < 1.29 is 0 Å². The number of halogens is 1. The van der Waals surface area contributed by atoms with E-state index in [1.54, 1.807) is 4.68 Å². The molecule has 0 aliphatic carbocycles. The lowest BCUT2D eigenvalue weighted by Crippen LogP contribution is -2.14. The molecule has 1 aromatic carbocycles. The Morgan fingerprint density at radius 2 is 1.95 bits per heavy atom. The van der Waals surface area contributed by atoms with Crippen molar-refractivity contribution in [2.24, 2.45) is 7.05 Å². The number of nitrogens with one attached hydrogen (secondary N) is 1. The maximum atomic E-state index is 12.1. The van der Waals surface area contributed by atoms with Crippen molar-refractivity contribution in [2.75, 3.05) is 0 Å². The van der Waals surface area contributed by atoms with Gasteiger partial charge in [-0.1, -0.05) is 30.3 Å². The summed E-state index contributed by atoms with van der Waals surface area (Å²) in [6.45, 7) is 0. The van der Waals surface area contributed by atoms with Gasteiger partial charge in [-0.25, -0.2) is 4.98 Å². The summed E-state index contributed by atoms with van der Waals surface area (Å²) >= 11 is 2.02. The molecule has 6 heteroatoms. The van der Waals surface area contributed by atoms with Crippen molar-refractivity contribution in [3.63, 3.8) is 0 Å². The van der Waals surface area contributed by atoms with Crippen LogP contribution in [0.25, 0.3) is 22.8 Å². The molecule has 0 radical (unpaired) electrons. The SMILES string of the molecule is Cn1ccc(-c2nc(-c3ccccc3)c(I)c(=O)[nH]2)n1. The molecular formula is C14H11IN4O. The van der Waals surface area contributed by atoms with Crippen molar-refractivity contribution in [1.29, 1.82) is 0 Å². The number of H-pyrrole nitrogens is 1. The summed E-state index contributed by atoms with van der Waals surface area (Å²) in [5.41, 5.74) is 2.09. The van der Waals surface area contributed by atoms with Crippen molar-refractivity contribution in [3.05, 3.63) is 56.5 Å². The van der Waals surface area contributed by atoms with Crippen LogP contribution in [0, 0.1) is 3.57 Å². The first-order valence-corrected chi connectivity index (χ1v) is 7.08. The van der Waals surface area contributed by atoms with Crippen molar-refractivity contribution in [1.82, 2.24) is 19.7 Å². The Hall–Kier alpha value is -1.96. The van der Waals surface area contributed by atoms with Gasteiger partial charge in [0.1, 0.15) is 9.26 Å². The van der Waals surface area contributed by atoms with Gasteiger partial charge in [-0.2, -0.15) is 5.10 Å². The molecule has 2 heterocycles. The molecular weight excluding hydrogens is 367 g/mol. The average Bonchev–Trinajstić information content (AvgIpc) is 2.89. The largest absolute Gasteiger partial charge is 0.304 e. The molecule has 0 amide bonds. The maximum Gasteiger partial charge on any atom is 0.265 e. The van der Waals surface area contributed by atoms with Crippen LogP contribution >= 0.6 is 22.6 Å². The number of hydrogen-bond acceptors (Lipinski definition) is 3. The summed E-state index contributed by atoms with van der Waals surface area (Å²) in [4.78, 5) is 19.4. The first-order valence-electron chi connectivity index (χ1n) is 6.00. The Kier molecular flexibility index (Phi) is 3.39. The molecule has 3 rings (SSSR count). The van der Waals surface area contributed by atoms with Crippen LogP contribution in [0.15, 0.2) is 47.4 Å². The van der Waals surface area contributed by atoms with Crippen LogP contribution in [0.4, 0.5) is 0 Å². The van der Waals surface area contributed by atoms with Gasteiger partial charge < -0.3 is 4.98 Å². The maximum absolute atomic E-state index is 12.1. The third-order valence-electron chi connectivity index (χ3n) is 2.87. The number of aromatic nitrogens is 4. The normalized spacial score (nSPS) is 10.7. The molecule has 0 bridgehead atoms. The average molecular weight is 378 g/mol. The highest BCUT2D eigenvalue weighted by Gasteiger charge is 2.13. The van der Waals surface area contributed by atoms with E-state index in [4.69, 9.17) is 0 Å². The highest BCUT2D eigenvalue weighted by molar-refractivity contribution is 14.1. The Balaban J connectivity index is 2.21. The summed E-state index contributed by atoms with van der Waals surface area (Å²) in [6.07, 6.45) is 1.81. The molecule has 0 saturated heterocycles. The standard InChI is InChI=1S/C14H11IN4O/c1-19-8-7-10(18-19)13-16-12(11(15)14(20)17-13)9-5-3-2-4-6-9/h2-8H,1H3,(H,16,17,20). The lowest BCUT2D eigenvalue weighted by atomic mass is 10.1. The molecule has 0 unspecified atom stereocenters. The van der Waals surface area contributed by atoms with Crippen molar-refractivity contribution in [2.45, 2.75) is 0 Å². The second-order valence-electron chi connectivity index (χ2n) is 4.32. The monoisotopic (exact) mass is 378 g/mol. The van der Waals surface area contributed by atoms with Crippen LogP contribution in [0.1, 0.15) is 0 Å². The van der Waals surface area contributed by atoms with Gasteiger partial charge in [0.25, 0.3) is 5.56 Å². The number of aryl methyl sites for hydroxylation is 1. The van der Waals surface area contributed by atoms with Gasteiger partial charge in [-0.3, -0.25) is 9.48 Å². The third-order valence-corrected chi connectivity index (χ3v) is 3.87. The second kappa shape index (κ2) is 5.20. The molecule has 0 spiro atoms. The van der Waals surface area contributed by atoms with Crippen LogP contribution in [0.3, 0.4) is 0 Å². The lowest BCUT2D eigenvalue weighted by molar-refractivity contribution is 0.768. The molecule has 20 heavy (non-hydrogen) atoms. The zero-order valence-electron chi connectivity index (χ0n) is 10.7. The predicted octanol–water partition coefficient (Wildman–Crippen LogP) is 2.44. The first-order chi connectivity index (χ1) is 9.65. The molecule has 0 saturated carbocycles.